The van der Waals surface area contributed by atoms with Crippen LogP contribution in [0.2, 0.25) is 0 Å². The number of imide groups is 2. The lowest BCUT2D eigenvalue weighted by atomic mass is 9.57. The van der Waals surface area contributed by atoms with Gasteiger partial charge in [0.1, 0.15) is 5.82 Å². The second-order valence-electron chi connectivity index (χ2n) is 13.3. The Kier molecular flexibility index (Phi) is 8.10. The number of ether oxygens (including phenoxy) is 2. The molecule has 0 aromatic heterocycles. The first-order valence-corrected chi connectivity index (χ1v) is 16.9. The smallest absolute Gasteiger partial charge is 0.258 e. The van der Waals surface area contributed by atoms with Gasteiger partial charge in [0, 0.05) is 12.0 Å². The van der Waals surface area contributed by atoms with E-state index in [9.17, 15) is 28.7 Å². The second kappa shape index (κ2) is 11.9. The fourth-order valence-corrected chi connectivity index (χ4v) is 9.48. The minimum absolute atomic E-state index is 0.113. The van der Waals surface area contributed by atoms with Gasteiger partial charge in [0.15, 0.2) is 21.2 Å². The molecule has 7 rings (SSSR count). The van der Waals surface area contributed by atoms with Crippen molar-refractivity contribution in [2.45, 2.75) is 60.7 Å². The van der Waals surface area contributed by atoms with Crippen molar-refractivity contribution < 1.29 is 38.1 Å². The van der Waals surface area contributed by atoms with Crippen LogP contribution in [0.4, 0.5) is 10.1 Å². The Balaban J connectivity index is 1.35. The van der Waals surface area contributed by atoms with Gasteiger partial charge in [-0.1, -0.05) is 43.1 Å². The Hall–Kier alpha value is -3.89. The molecule has 2 saturated heterocycles. The van der Waals surface area contributed by atoms with Gasteiger partial charge >= 0.3 is 0 Å². The number of hydrogen-bond acceptors (Lipinski definition) is 7. The van der Waals surface area contributed by atoms with Crippen LogP contribution in [0.15, 0.2) is 54.1 Å². The molecule has 1 N–H and O–H groups in total. The number of methoxy groups -OCH3 is 2. The van der Waals surface area contributed by atoms with Crippen LogP contribution in [-0.4, -0.2) is 63.6 Å². The number of nitrogens with zero attached hydrogens (tertiary/aromatic N) is 2. The van der Waals surface area contributed by atoms with Crippen molar-refractivity contribution in [3.63, 3.8) is 0 Å². The first-order chi connectivity index (χ1) is 23.0. The Bertz CT molecular complexity index is 1750. The standard InChI is InChI=1S/C36H35Cl2FN2O7/c1-47-27-16-19(17-28(48-2)30(27)42)8-15-26-23-13-14-24-29(32(44)40(31(24)43)21-6-4-3-5-7-21)25(23)18-35(37)33(45)41(34(46)36(26,35)38)22-11-9-20(39)10-12-22/h8-13,15-17,21,24-26,29,42H,3-7,14,18H2,1-2H3. The summed E-state index contributed by atoms with van der Waals surface area (Å²) in [5.41, 5.74) is 1.30. The Morgan fingerprint density at radius 1 is 0.917 bits per heavy atom. The van der Waals surface area contributed by atoms with Gasteiger partial charge in [0.25, 0.3) is 11.8 Å². The van der Waals surface area contributed by atoms with E-state index in [-0.39, 0.29) is 53.6 Å². The first kappa shape index (κ1) is 32.6. The summed E-state index contributed by atoms with van der Waals surface area (Å²) in [5, 5.41) is 10.5. The topological polar surface area (TPSA) is 113 Å². The quantitative estimate of drug-likeness (QED) is 0.224. The molecule has 48 heavy (non-hydrogen) atoms. The van der Waals surface area contributed by atoms with E-state index < -0.39 is 51.1 Å². The molecule has 2 aromatic carbocycles. The van der Waals surface area contributed by atoms with Gasteiger partial charge in [0.2, 0.25) is 17.6 Å². The minimum atomic E-state index is -2.04. The molecule has 4 fully saturated rings. The number of allylic oxidation sites excluding steroid dienone is 3. The highest BCUT2D eigenvalue weighted by molar-refractivity contribution is 6.58. The number of carbonyl (C=O) groups excluding carboxylic acids is 4. The van der Waals surface area contributed by atoms with Crippen molar-refractivity contribution in [2.75, 3.05) is 19.1 Å². The molecule has 12 heteroatoms. The van der Waals surface area contributed by atoms with E-state index in [0.717, 1.165) is 49.1 Å². The van der Waals surface area contributed by atoms with Crippen LogP contribution < -0.4 is 14.4 Å². The van der Waals surface area contributed by atoms with Crippen LogP contribution in [0, 0.1) is 29.5 Å². The number of hydrogen-bond donors (Lipinski definition) is 1. The molecule has 0 radical (unpaired) electrons. The zero-order valence-electron chi connectivity index (χ0n) is 26.5. The summed E-state index contributed by atoms with van der Waals surface area (Å²) in [5.74, 6) is -5.46. The van der Waals surface area contributed by atoms with Crippen LogP contribution in [0.5, 0.6) is 17.2 Å². The van der Waals surface area contributed by atoms with E-state index in [1.165, 1.54) is 31.3 Å². The van der Waals surface area contributed by atoms with Gasteiger partial charge in [-0.05, 0) is 73.6 Å². The molecule has 2 heterocycles. The Morgan fingerprint density at radius 3 is 2.19 bits per heavy atom. The molecular formula is C36H35Cl2FN2O7. The number of benzene rings is 2. The maximum Gasteiger partial charge on any atom is 0.258 e. The van der Waals surface area contributed by atoms with Crippen LogP contribution in [0.3, 0.4) is 0 Å². The number of carbonyl (C=O) groups is 4. The summed E-state index contributed by atoms with van der Waals surface area (Å²) in [6.07, 6.45) is 9.83. The van der Waals surface area contributed by atoms with E-state index >= 15 is 0 Å². The van der Waals surface area contributed by atoms with Crippen molar-refractivity contribution in [1.29, 1.82) is 0 Å². The number of rotatable bonds is 6. The van der Waals surface area contributed by atoms with Crippen molar-refractivity contribution >= 4 is 58.6 Å². The first-order valence-electron chi connectivity index (χ1n) is 16.2. The number of amides is 4. The predicted molar refractivity (Wildman–Crippen MR) is 176 cm³/mol. The number of alkyl halides is 2. The third kappa shape index (κ3) is 4.62. The normalized spacial score (nSPS) is 32.0. The Morgan fingerprint density at radius 2 is 1.56 bits per heavy atom. The van der Waals surface area contributed by atoms with E-state index in [2.05, 4.69) is 0 Å². The molecule has 3 aliphatic carbocycles. The molecule has 2 aliphatic heterocycles. The lowest BCUT2D eigenvalue weighted by Gasteiger charge is -2.49. The average Bonchev–Trinajstić information content (AvgIpc) is 3.43. The van der Waals surface area contributed by atoms with Crippen LogP contribution in [0.25, 0.3) is 6.08 Å². The van der Waals surface area contributed by atoms with E-state index in [0.29, 0.717) is 11.1 Å². The summed E-state index contributed by atoms with van der Waals surface area (Å²) in [6, 6.07) is 7.88. The highest BCUT2D eigenvalue weighted by atomic mass is 35.5. The van der Waals surface area contributed by atoms with Gasteiger partial charge in [-0.25, -0.2) is 9.29 Å². The summed E-state index contributed by atoms with van der Waals surface area (Å²) in [7, 11) is 2.80. The Labute approximate surface area is 287 Å². The van der Waals surface area contributed by atoms with Gasteiger partial charge in [-0.2, -0.15) is 0 Å². The summed E-state index contributed by atoms with van der Waals surface area (Å²) in [4.78, 5) is 55.1. The SMILES string of the molecule is COc1cc(C=CC2C3=CCC4C(=O)N(C5CCCCC5)C(=O)C4C3CC3(Cl)C(=O)N(c4ccc(F)cc4)C(=O)C23Cl)cc(OC)c1O. The van der Waals surface area contributed by atoms with Crippen molar-refractivity contribution in [2.24, 2.45) is 23.7 Å². The molecule has 0 spiro atoms. The minimum Gasteiger partial charge on any atom is -0.502 e. The number of anilines is 1. The summed E-state index contributed by atoms with van der Waals surface area (Å²) >= 11 is 14.8. The number of halogens is 3. The lowest BCUT2D eigenvalue weighted by Crippen LogP contribution is -2.60. The summed E-state index contributed by atoms with van der Waals surface area (Å²) < 4.78 is 24.5. The zero-order chi connectivity index (χ0) is 34.1. The fourth-order valence-electron chi connectivity index (χ4n) is 8.59. The van der Waals surface area contributed by atoms with E-state index in [4.69, 9.17) is 32.7 Å². The number of likely N-dealkylation sites (tertiary alicyclic amines) is 1. The maximum absolute atomic E-state index is 14.4. The maximum atomic E-state index is 14.4. The lowest BCUT2D eigenvalue weighted by molar-refractivity contribution is -0.143. The van der Waals surface area contributed by atoms with Gasteiger partial charge < -0.3 is 14.6 Å². The second-order valence-corrected chi connectivity index (χ2v) is 14.5. The zero-order valence-corrected chi connectivity index (χ0v) is 28.0. The molecule has 6 atom stereocenters. The number of aromatic hydroxyl groups is 1. The van der Waals surface area contributed by atoms with Crippen LogP contribution in [-0.2, 0) is 19.2 Å². The van der Waals surface area contributed by atoms with Crippen LogP contribution >= 0.6 is 23.2 Å². The van der Waals surface area contributed by atoms with Gasteiger partial charge in [0.05, 0.1) is 31.7 Å². The van der Waals surface area contributed by atoms with E-state index in [1.54, 1.807) is 24.3 Å². The fraction of sp³-hybridized carbons (Fsp3) is 0.444. The predicted octanol–water partition coefficient (Wildman–Crippen LogP) is 5.99. The largest absolute Gasteiger partial charge is 0.502 e. The third-order valence-corrected chi connectivity index (χ3v) is 12.3. The monoisotopic (exact) mass is 696 g/mol. The van der Waals surface area contributed by atoms with E-state index in [1.807, 2.05) is 6.08 Å². The van der Waals surface area contributed by atoms with Crippen LogP contribution in [0.1, 0.15) is 50.5 Å². The molecule has 9 nitrogen and oxygen atoms in total. The molecule has 2 saturated carbocycles. The molecule has 0 bridgehead atoms. The molecule has 5 aliphatic rings. The molecule has 2 aromatic rings. The average molecular weight is 698 g/mol. The highest BCUT2D eigenvalue weighted by Crippen LogP contribution is 2.63. The third-order valence-electron chi connectivity index (χ3n) is 10.9. The molecular weight excluding hydrogens is 662 g/mol. The van der Waals surface area contributed by atoms with Crippen molar-refractivity contribution in [3.05, 3.63) is 65.5 Å². The molecule has 6 unspecified atom stereocenters. The molecule has 4 amide bonds. The summed E-state index contributed by atoms with van der Waals surface area (Å²) in [6.45, 7) is 0. The van der Waals surface area contributed by atoms with Gasteiger partial charge in [-0.3, -0.25) is 24.1 Å². The van der Waals surface area contributed by atoms with Crippen molar-refractivity contribution in [3.8, 4) is 17.2 Å². The molecule has 252 valence electrons. The van der Waals surface area contributed by atoms with Gasteiger partial charge in [-0.15, -0.1) is 23.2 Å². The highest BCUT2D eigenvalue weighted by Gasteiger charge is 2.76. The van der Waals surface area contributed by atoms with Crippen molar-refractivity contribution in [1.82, 2.24) is 4.90 Å². The number of phenols is 1. The number of fused-ring (bicyclic) bond motifs is 4. The number of phenolic OH excluding ortho intramolecular Hbond substituents is 1.